The smallest absolute Gasteiger partial charge is 0.255 e. The van der Waals surface area contributed by atoms with Crippen LogP contribution in [0.2, 0.25) is 0 Å². The average molecular weight is 290 g/mol. The van der Waals surface area contributed by atoms with Crippen molar-refractivity contribution >= 4 is 5.91 Å². The van der Waals surface area contributed by atoms with Gasteiger partial charge in [-0.05, 0) is 37.6 Å². The summed E-state index contributed by atoms with van der Waals surface area (Å²) in [7, 11) is 0. The Morgan fingerprint density at radius 3 is 2.19 bits per heavy atom. The third kappa shape index (κ3) is 3.42. The summed E-state index contributed by atoms with van der Waals surface area (Å²) in [6, 6.07) is 4.83. The molecule has 0 aliphatic rings. The monoisotopic (exact) mass is 290 g/mol. The van der Waals surface area contributed by atoms with E-state index < -0.39 is 11.6 Å². The summed E-state index contributed by atoms with van der Waals surface area (Å²) in [6.07, 6.45) is 2.94. The van der Waals surface area contributed by atoms with E-state index in [1.165, 1.54) is 24.5 Å². The number of benzene rings is 1. The van der Waals surface area contributed by atoms with Crippen molar-refractivity contribution in [2.75, 3.05) is 13.1 Å². The predicted molar refractivity (Wildman–Crippen MR) is 76.8 cm³/mol. The highest BCUT2D eigenvalue weighted by Gasteiger charge is 2.14. The quantitative estimate of drug-likeness (QED) is 0.863. The number of carbonyl (C=O) groups excluding carboxylic acids is 1. The van der Waals surface area contributed by atoms with Crippen molar-refractivity contribution in [3.63, 3.8) is 0 Å². The zero-order valence-electron chi connectivity index (χ0n) is 11.9. The maximum absolute atomic E-state index is 13.3. The van der Waals surface area contributed by atoms with Crippen LogP contribution in [0.3, 0.4) is 0 Å². The second-order valence-corrected chi connectivity index (χ2v) is 4.60. The fourth-order valence-electron chi connectivity index (χ4n) is 2.13. The van der Waals surface area contributed by atoms with Gasteiger partial charge in [0.15, 0.2) is 0 Å². The first-order chi connectivity index (χ1) is 10.0. The summed E-state index contributed by atoms with van der Waals surface area (Å²) in [5, 5.41) is 0. The summed E-state index contributed by atoms with van der Waals surface area (Å²) in [5.74, 6) is -1.47. The molecule has 0 N–H and O–H groups in total. The Morgan fingerprint density at radius 2 is 1.62 bits per heavy atom. The molecule has 2 aromatic rings. The van der Waals surface area contributed by atoms with Gasteiger partial charge in [-0.15, -0.1) is 0 Å². The van der Waals surface area contributed by atoms with E-state index in [1.54, 1.807) is 11.0 Å². The molecule has 0 fully saturated rings. The van der Waals surface area contributed by atoms with Crippen LogP contribution in [0.4, 0.5) is 8.78 Å². The van der Waals surface area contributed by atoms with Gasteiger partial charge in [-0.25, -0.2) is 8.78 Å². The number of hydrogen-bond acceptors (Lipinski definition) is 2. The molecule has 2 rings (SSSR count). The highest BCUT2D eigenvalue weighted by atomic mass is 19.1. The molecule has 1 amide bonds. The second-order valence-electron chi connectivity index (χ2n) is 4.60. The van der Waals surface area contributed by atoms with E-state index >= 15 is 0 Å². The first-order valence-electron chi connectivity index (χ1n) is 6.76. The van der Waals surface area contributed by atoms with Crippen LogP contribution in [0.25, 0.3) is 11.1 Å². The minimum atomic E-state index is -0.662. The molecule has 0 saturated carbocycles. The normalized spacial score (nSPS) is 10.5. The van der Waals surface area contributed by atoms with Crippen LogP contribution < -0.4 is 0 Å². The van der Waals surface area contributed by atoms with Gasteiger partial charge >= 0.3 is 0 Å². The fourth-order valence-corrected chi connectivity index (χ4v) is 2.13. The summed E-state index contributed by atoms with van der Waals surface area (Å²) in [5.41, 5.74) is 1.27. The van der Waals surface area contributed by atoms with E-state index in [1.807, 2.05) is 13.8 Å². The van der Waals surface area contributed by atoms with Crippen molar-refractivity contribution < 1.29 is 13.6 Å². The number of nitrogens with zero attached hydrogens (tertiary/aromatic N) is 2. The molecule has 1 heterocycles. The molecule has 21 heavy (non-hydrogen) atoms. The molecule has 5 heteroatoms. The number of pyridine rings is 1. The lowest BCUT2D eigenvalue weighted by molar-refractivity contribution is 0.0772. The first kappa shape index (κ1) is 15.1. The molecule has 0 radical (unpaired) electrons. The molecule has 1 aromatic heterocycles. The Bertz CT molecular complexity index is 634. The van der Waals surface area contributed by atoms with Crippen molar-refractivity contribution in [3.8, 4) is 11.1 Å². The van der Waals surface area contributed by atoms with Crippen LogP contribution in [0, 0.1) is 11.6 Å². The third-order valence-electron chi connectivity index (χ3n) is 3.23. The number of carbonyl (C=O) groups is 1. The Labute approximate surface area is 122 Å². The van der Waals surface area contributed by atoms with Crippen LogP contribution in [-0.2, 0) is 0 Å². The van der Waals surface area contributed by atoms with Gasteiger partial charge in [0, 0.05) is 37.1 Å². The molecule has 0 bridgehead atoms. The van der Waals surface area contributed by atoms with Gasteiger partial charge in [-0.2, -0.15) is 0 Å². The number of rotatable bonds is 4. The lowest BCUT2D eigenvalue weighted by Gasteiger charge is -2.18. The van der Waals surface area contributed by atoms with Gasteiger partial charge in [-0.3, -0.25) is 9.78 Å². The van der Waals surface area contributed by atoms with Crippen LogP contribution in [0.5, 0.6) is 0 Å². The molecule has 0 unspecified atom stereocenters. The maximum atomic E-state index is 13.3. The summed E-state index contributed by atoms with van der Waals surface area (Å²) in [6.45, 7) is 4.96. The Balaban J connectivity index is 2.39. The molecule has 110 valence electrons. The maximum Gasteiger partial charge on any atom is 0.255 e. The van der Waals surface area contributed by atoms with Gasteiger partial charge in [0.1, 0.15) is 11.6 Å². The lowest BCUT2D eigenvalue weighted by atomic mass is 10.1. The highest BCUT2D eigenvalue weighted by molar-refractivity contribution is 5.95. The molecular formula is C16H16F2N2O. The van der Waals surface area contributed by atoms with Crippen LogP contribution in [0.1, 0.15) is 24.2 Å². The number of hydrogen-bond donors (Lipinski definition) is 0. The molecular weight excluding hydrogens is 274 g/mol. The van der Waals surface area contributed by atoms with E-state index in [-0.39, 0.29) is 5.91 Å². The van der Waals surface area contributed by atoms with E-state index in [4.69, 9.17) is 0 Å². The van der Waals surface area contributed by atoms with Crippen molar-refractivity contribution in [3.05, 3.63) is 53.9 Å². The lowest BCUT2D eigenvalue weighted by Crippen LogP contribution is -2.30. The van der Waals surface area contributed by atoms with Crippen molar-refractivity contribution in [2.24, 2.45) is 0 Å². The van der Waals surface area contributed by atoms with Gasteiger partial charge in [0.05, 0.1) is 5.56 Å². The van der Waals surface area contributed by atoms with Gasteiger partial charge in [-0.1, -0.05) is 0 Å². The Kier molecular flexibility index (Phi) is 4.62. The molecule has 0 spiro atoms. The molecule has 0 aliphatic carbocycles. The fraction of sp³-hybridized carbons (Fsp3) is 0.250. The van der Waals surface area contributed by atoms with Crippen LogP contribution in [0.15, 0.2) is 36.7 Å². The second kappa shape index (κ2) is 6.43. The summed E-state index contributed by atoms with van der Waals surface area (Å²) >= 11 is 0. The highest BCUT2D eigenvalue weighted by Crippen LogP contribution is 2.22. The van der Waals surface area contributed by atoms with Crippen molar-refractivity contribution in [1.82, 2.24) is 9.88 Å². The predicted octanol–water partition coefficient (Wildman–Crippen LogP) is 3.51. The molecule has 0 saturated heterocycles. The Morgan fingerprint density at radius 1 is 1.00 bits per heavy atom. The van der Waals surface area contributed by atoms with Crippen LogP contribution in [-0.4, -0.2) is 28.9 Å². The molecule has 0 aliphatic heterocycles. The zero-order valence-corrected chi connectivity index (χ0v) is 11.9. The minimum Gasteiger partial charge on any atom is -0.339 e. The van der Waals surface area contributed by atoms with Crippen LogP contribution >= 0.6 is 0 Å². The standard InChI is InChI=1S/C16H16F2N2O/c1-3-20(4-2)16(21)13-5-12(9-19-10-13)11-6-14(17)8-15(18)7-11/h5-10H,3-4H2,1-2H3. The van der Waals surface area contributed by atoms with E-state index in [9.17, 15) is 13.6 Å². The largest absolute Gasteiger partial charge is 0.339 e. The number of amides is 1. The molecule has 3 nitrogen and oxygen atoms in total. The number of aromatic nitrogens is 1. The average Bonchev–Trinajstić information content (AvgIpc) is 2.47. The summed E-state index contributed by atoms with van der Waals surface area (Å²) in [4.78, 5) is 17.9. The van der Waals surface area contributed by atoms with Gasteiger partial charge < -0.3 is 4.90 Å². The van der Waals surface area contributed by atoms with Crippen molar-refractivity contribution in [1.29, 1.82) is 0 Å². The first-order valence-corrected chi connectivity index (χ1v) is 6.76. The minimum absolute atomic E-state index is 0.147. The number of halogens is 2. The van der Waals surface area contributed by atoms with Gasteiger partial charge in [0.2, 0.25) is 0 Å². The van der Waals surface area contributed by atoms with E-state index in [0.29, 0.717) is 29.8 Å². The Hall–Kier alpha value is -2.30. The topological polar surface area (TPSA) is 33.2 Å². The molecule has 1 aromatic carbocycles. The van der Waals surface area contributed by atoms with Crippen molar-refractivity contribution in [2.45, 2.75) is 13.8 Å². The van der Waals surface area contributed by atoms with E-state index in [0.717, 1.165) is 6.07 Å². The third-order valence-corrected chi connectivity index (χ3v) is 3.23. The van der Waals surface area contributed by atoms with E-state index in [2.05, 4.69) is 4.98 Å². The van der Waals surface area contributed by atoms with Gasteiger partial charge in [0.25, 0.3) is 5.91 Å². The SMILES string of the molecule is CCN(CC)C(=O)c1cncc(-c2cc(F)cc(F)c2)c1. The summed E-state index contributed by atoms with van der Waals surface area (Å²) < 4.78 is 26.5. The zero-order chi connectivity index (χ0) is 15.4. The molecule has 0 atom stereocenters.